The monoisotopic (exact) mass is 324 g/mol. The molecule has 1 saturated carbocycles. The molecule has 2 rings (SSSR count). The summed E-state index contributed by atoms with van der Waals surface area (Å²) in [6.07, 6.45) is 2.49. The number of carbonyl (C=O) groups excluding carboxylic acids is 4. The number of nitrogens with one attached hydrogen (secondary N) is 1. The van der Waals surface area contributed by atoms with Crippen molar-refractivity contribution >= 4 is 23.7 Å². The van der Waals surface area contributed by atoms with Crippen molar-refractivity contribution < 1.29 is 23.9 Å². The Labute approximate surface area is 135 Å². The van der Waals surface area contributed by atoms with E-state index in [-0.39, 0.29) is 42.5 Å². The van der Waals surface area contributed by atoms with Gasteiger partial charge in [-0.3, -0.25) is 24.1 Å². The number of hydrogen-bond donors (Lipinski definition) is 1. The Morgan fingerprint density at radius 2 is 1.78 bits per heavy atom. The van der Waals surface area contributed by atoms with Crippen LogP contribution < -0.4 is 5.32 Å². The number of hydrogen-bond acceptors (Lipinski definition) is 5. The molecule has 3 atom stereocenters. The molecule has 23 heavy (non-hydrogen) atoms. The fraction of sp³-hybridized carbons (Fsp3) is 0.750. The number of carbonyl (C=O) groups is 4. The van der Waals surface area contributed by atoms with Gasteiger partial charge in [0.05, 0.1) is 18.3 Å². The Kier molecular flexibility index (Phi) is 5.74. The third-order valence-corrected chi connectivity index (χ3v) is 4.50. The highest BCUT2D eigenvalue weighted by Gasteiger charge is 2.47. The molecule has 7 heteroatoms. The van der Waals surface area contributed by atoms with Gasteiger partial charge in [0.2, 0.25) is 11.8 Å². The molecule has 0 bridgehead atoms. The molecular weight excluding hydrogens is 300 g/mol. The van der Waals surface area contributed by atoms with Crippen LogP contribution in [0.1, 0.15) is 46.0 Å². The lowest BCUT2D eigenvalue weighted by molar-refractivity contribution is -0.155. The summed E-state index contributed by atoms with van der Waals surface area (Å²) in [5.74, 6) is -1.68. The number of fused-ring (bicyclic) bond motifs is 1. The van der Waals surface area contributed by atoms with Crippen LogP contribution >= 0.6 is 0 Å². The first-order valence-corrected chi connectivity index (χ1v) is 8.28. The Morgan fingerprint density at radius 3 is 2.30 bits per heavy atom. The number of nitrogens with zero attached hydrogens (tertiary/aromatic N) is 1. The zero-order valence-electron chi connectivity index (χ0n) is 13.7. The molecule has 7 nitrogen and oxygen atoms in total. The van der Waals surface area contributed by atoms with Crippen LogP contribution in [0.3, 0.4) is 0 Å². The summed E-state index contributed by atoms with van der Waals surface area (Å²) in [4.78, 5) is 49.0. The SMILES string of the molecule is CCNC(=O)[C@H](C)OC(=O)CCN1C(=O)[C@H]2CCCC[C@@H]2C1=O. The number of rotatable bonds is 6. The number of amides is 3. The lowest BCUT2D eigenvalue weighted by Crippen LogP contribution is -2.37. The van der Waals surface area contributed by atoms with Gasteiger partial charge in [-0.15, -0.1) is 0 Å². The normalized spacial score (nSPS) is 25.0. The Morgan fingerprint density at radius 1 is 1.22 bits per heavy atom. The van der Waals surface area contributed by atoms with Crippen molar-refractivity contribution in [1.29, 1.82) is 0 Å². The first kappa shape index (κ1) is 17.4. The molecular formula is C16H24N2O5. The van der Waals surface area contributed by atoms with Gasteiger partial charge in [0.25, 0.3) is 5.91 Å². The molecule has 128 valence electrons. The maximum Gasteiger partial charge on any atom is 0.308 e. The highest BCUT2D eigenvalue weighted by atomic mass is 16.5. The summed E-state index contributed by atoms with van der Waals surface area (Å²) >= 11 is 0. The van der Waals surface area contributed by atoms with Gasteiger partial charge in [-0.2, -0.15) is 0 Å². The number of imide groups is 1. The van der Waals surface area contributed by atoms with Crippen molar-refractivity contribution in [2.24, 2.45) is 11.8 Å². The molecule has 1 aliphatic carbocycles. The summed E-state index contributed by atoms with van der Waals surface area (Å²) in [6, 6.07) is 0. The van der Waals surface area contributed by atoms with Gasteiger partial charge in [-0.05, 0) is 26.7 Å². The third kappa shape index (κ3) is 3.89. The van der Waals surface area contributed by atoms with Crippen molar-refractivity contribution in [3.05, 3.63) is 0 Å². The minimum absolute atomic E-state index is 0.0334. The van der Waals surface area contributed by atoms with Gasteiger partial charge in [0.1, 0.15) is 0 Å². The van der Waals surface area contributed by atoms with E-state index in [1.807, 2.05) is 0 Å². The van der Waals surface area contributed by atoms with Crippen LogP contribution in [0.2, 0.25) is 0 Å². The van der Waals surface area contributed by atoms with E-state index < -0.39 is 12.1 Å². The molecule has 1 aliphatic heterocycles. The van der Waals surface area contributed by atoms with E-state index in [1.54, 1.807) is 6.92 Å². The topological polar surface area (TPSA) is 92.8 Å². The average molecular weight is 324 g/mol. The molecule has 0 radical (unpaired) electrons. The minimum Gasteiger partial charge on any atom is -0.452 e. The molecule has 1 N–H and O–H groups in total. The molecule has 0 unspecified atom stereocenters. The van der Waals surface area contributed by atoms with Gasteiger partial charge >= 0.3 is 5.97 Å². The third-order valence-electron chi connectivity index (χ3n) is 4.50. The Bertz CT molecular complexity index is 481. The van der Waals surface area contributed by atoms with Crippen LogP contribution in [-0.4, -0.2) is 47.8 Å². The fourth-order valence-electron chi connectivity index (χ4n) is 3.28. The van der Waals surface area contributed by atoms with Crippen LogP contribution in [0.5, 0.6) is 0 Å². The maximum absolute atomic E-state index is 12.3. The van der Waals surface area contributed by atoms with Crippen LogP contribution in [0.25, 0.3) is 0 Å². The van der Waals surface area contributed by atoms with Crippen molar-refractivity contribution in [2.45, 2.75) is 52.1 Å². The molecule has 0 aromatic rings. The molecule has 0 spiro atoms. The molecule has 0 aromatic heterocycles. The summed E-state index contributed by atoms with van der Waals surface area (Å²) in [5, 5.41) is 2.56. The van der Waals surface area contributed by atoms with E-state index in [2.05, 4.69) is 5.32 Å². The van der Waals surface area contributed by atoms with Crippen molar-refractivity contribution in [3.63, 3.8) is 0 Å². The van der Waals surface area contributed by atoms with Gasteiger partial charge in [-0.25, -0.2) is 0 Å². The van der Waals surface area contributed by atoms with Crippen molar-refractivity contribution in [1.82, 2.24) is 10.2 Å². The molecule has 1 saturated heterocycles. The molecule has 2 fully saturated rings. The second kappa shape index (κ2) is 7.57. The predicted octanol–water partition coefficient (Wildman–Crippen LogP) is 0.619. The summed E-state index contributed by atoms with van der Waals surface area (Å²) < 4.78 is 5.01. The molecule has 3 amide bonds. The zero-order chi connectivity index (χ0) is 17.0. The van der Waals surface area contributed by atoms with Gasteiger partial charge in [0.15, 0.2) is 6.10 Å². The number of ether oxygens (including phenoxy) is 1. The lowest BCUT2D eigenvalue weighted by Gasteiger charge is -2.19. The highest BCUT2D eigenvalue weighted by Crippen LogP contribution is 2.37. The highest BCUT2D eigenvalue weighted by molar-refractivity contribution is 6.05. The van der Waals surface area contributed by atoms with Crippen LogP contribution in [0.4, 0.5) is 0 Å². The standard InChI is InChI=1S/C16H24N2O5/c1-3-17-14(20)10(2)23-13(19)8-9-18-15(21)11-6-4-5-7-12(11)16(18)22/h10-12H,3-9H2,1-2H3,(H,17,20)/t10-,11-,12-/m0/s1. The number of likely N-dealkylation sites (N-methyl/N-ethyl adjacent to an activating group) is 1. The van der Waals surface area contributed by atoms with Crippen LogP contribution in [0.15, 0.2) is 0 Å². The van der Waals surface area contributed by atoms with E-state index in [9.17, 15) is 19.2 Å². The zero-order valence-corrected chi connectivity index (χ0v) is 13.7. The summed E-state index contributed by atoms with van der Waals surface area (Å²) in [7, 11) is 0. The number of esters is 1. The maximum atomic E-state index is 12.3. The smallest absolute Gasteiger partial charge is 0.308 e. The second-order valence-electron chi connectivity index (χ2n) is 6.10. The lowest BCUT2D eigenvalue weighted by atomic mass is 9.81. The van der Waals surface area contributed by atoms with E-state index in [4.69, 9.17) is 4.74 Å². The summed E-state index contributed by atoms with van der Waals surface area (Å²) in [6.45, 7) is 3.76. The average Bonchev–Trinajstić information content (AvgIpc) is 2.77. The predicted molar refractivity (Wildman–Crippen MR) is 81.0 cm³/mol. The van der Waals surface area contributed by atoms with E-state index in [0.717, 1.165) is 25.7 Å². The van der Waals surface area contributed by atoms with Crippen molar-refractivity contribution in [2.75, 3.05) is 13.1 Å². The van der Waals surface area contributed by atoms with Crippen LogP contribution in [-0.2, 0) is 23.9 Å². The van der Waals surface area contributed by atoms with Gasteiger partial charge < -0.3 is 10.1 Å². The Balaban J connectivity index is 1.83. The summed E-state index contributed by atoms with van der Waals surface area (Å²) in [5.41, 5.74) is 0. The molecule has 1 heterocycles. The van der Waals surface area contributed by atoms with E-state index >= 15 is 0 Å². The first-order chi connectivity index (χ1) is 11.0. The van der Waals surface area contributed by atoms with E-state index in [0.29, 0.717) is 6.54 Å². The minimum atomic E-state index is -0.880. The largest absolute Gasteiger partial charge is 0.452 e. The van der Waals surface area contributed by atoms with E-state index in [1.165, 1.54) is 11.8 Å². The molecule has 0 aromatic carbocycles. The van der Waals surface area contributed by atoms with Crippen molar-refractivity contribution in [3.8, 4) is 0 Å². The van der Waals surface area contributed by atoms with Crippen LogP contribution in [0, 0.1) is 11.8 Å². The van der Waals surface area contributed by atoms with Gasteiger partial charge in [-0.1, -0.05) is 12.8 Å². The van der Waals surface area contributed by atoms with Gasteiger partial charge in [0, 0.05) is 13.1 Å². The fourth-order valence-corrected chi connectivity index (χ4v) is 3.28. The molecule has 2 aliphatic rings. The first-order valence-electron chi connectivity index (χ1n) is 8.28. The Hall–Kier alpha value is -1.92. The second-order valence-corrected chi connectivity index (χ2v) is 6.10. The quantitative estimate of drug-likeness (QED) is 0.571. The number of likely N-dealkylation sites (tertiary alicyclic amines) is 1.